The first-order valence-corrected chi connectivity index (χ1v) is 3.93. The lowest BCUT2D eigenvalue weighted by Crippen LogP contribution is -2.15. The Balaban J connectivity index is 2.51. The van der Waals surface area contributed by atoms with E-state index >= 15 is 0 Å². The number of rotatable bonds is 0. The Morgan fingerprint density at radius 2 is 2.18 bits per heavy atom. The van der Waals surface area contributed by atoms with Gasteiger partial charge in [-0.3, -0.25) is 9.78 Å². The second kappa shape index (κ2) is 2.49. The van der Waals surface area contributed by atoms with Crippen LogP contribution in [-0.2, 0) is 12.8 Å². The van der Waals surface area contributed by atoms with Gasteiger partial charge < -0.3 is 4.98 Å². The number of aromatic nitrogens is 2. The highest BCUT2D eigenvalue weighted by molar-refractivity contribution is 5.13. The van der Waals surface area contributed by atoms with Gasteiger partial charge in [0, 0.05) is 5.69 Å². The quantitative estimate of drug-likeness (QED) is 0.590. The molecule has 0 aromatic carbocycles. The largest absolute Gasteiger partial charge is 0.323 e. The van der Waals surface area contributed by atoms with Gasteiger partial charge >= 0.3 is 0 Å². The van der Waals surface area contributed by atoms with Gasteiger partial charge in [0.2, 0.25) is 0 Å². The zero-order valence-corrected chi connectivity index (χ0v) is 6.26. The molecule has 3 heteroatoms. The highest BCUT2D eigenvalue weighted by Gasteiger charge is 2.09. The van der Waals surface area contributed by atoms with Crippen LogP contribution in [0.4, 0.5) is 0 Å². The van der Waals surface area contributed by atoms with E-state index < -0.39 is 0 Å². The molecule has 3 nitrogen and oxygen atoms in total. The third-order valence-corrected chi connectivity index (χ3v) is 2.05. The molecule has 0 saturated carbocycles. The molecule has 0 bridgehead atoms. The summed E-state index contributed by atoms with van der Waals surface area (Å²) in [5, 5.41) is 0. The molecule has 0 unspecified atom stereocenters. The van der Waals surface area contributed by atoms with Crippen molar-refractivity contribution in [2.24, 2.45) is 0 Å². The van der Waals surface area contributed by atoms with Gasteiger partial charge in [0.05, 0.1) is 11.9 Å². The number of hydrogen-bond donors (Lipinski definition) is 1. The predicted molar refractivity (Wildman–Crippen MR) is 41.5 cm³/mol. The second-order valence-corrected chi connectivity index (χ2v) is 2.88. The fraction of sp³-hybridized carbons (Fsp3) is 0.500. The minimum Gasteiger partial charge on any atom is -0.323 e. The summed E-state index contributed by atoms with van der Waals surface area (Å²) in [4.78, 5) is 17.7. The van der Waals surface area contributed by atoms with Crippen molar-refractivity contribution in [3.8, 4) is 0 Å². The van der Waals surface area contributed by atoms with Gasteiger partial charge in [-0.15, -0.1) is 0 Å². The van der Waals surface area contributed by atoms with E-state index in [1.165, 1.54) is 19.0 Å². The molecular formula is C8H10N2O. The lowest BCUT2D eigenvalue weighted by Gasteiger charge is -2.12. The zero-order chi connectivity index (χ0) is 7.68. The molecular weight excluding hydrogens is 140 g/mol. The number of aryl methyl sites for hydroxylation is 2. The Labute approximate surface area is 64.5 Å². The molecule has 1 aromatic heterocycles. The molecule has 1 aliphatic carbocycles. The number of nitrogens with one attached hydrogen (secondary N) is 1. The van der Waals surface area contributed by atoms with Crippen LogP contribution in [0.5, 0.6) is 0 Å². The molecule has 0 amide bonds. The van der Waals surface area contributed by atoms with Crippen molar-refractivity contribution in [3.63, 3.8) is 0 Å². The number of nitrogens with zero attached hydrogens (tertiary/aromatic N) is 1. The summed E-state index contributed by atoms with van der Waals surface area (Å²) in [6.07, 6.45) is 5.75. The average molecular weight is 150 g/mol. The monoisotopic (exact) mass is 150 g/mol. The molecule has 2 rings (SSSR count). The maximum absolute atomic E-state index is 10.8. The first-order valence-electron chi connectivity index (χ1n) is 3.93. The summed E-state index contributed by atoms with van der Waals surface area (Å²) >= 11 is 0. The van der Waals surface area contributed by atoms with Gasteiger partial charge in [-0.05, 0) is 25.7 Å². The van der Waals surface area contributed by atoms with Crippen LogP contribution in [0.25, 0.3) is 0 Å². The maximum atomic E-state index is 10.8. The van der Waals surface area contributed by atoms with E-state index in [0.29, 0.717) is 0 Å². The number of fused-ring (bicyclic) bond motifs is 1. The third kappa shape index (κ3) is 1.18. The molecule has 11 heavy (non-hydrogen) atoms. The fourth-order valence-electron chi connectivity index (χ4n) is 1.48. The SMILES string of the molecule is O=c1cnc2c([nH]1)CCCC2. The normalized spacial score (nSPS) is 16.0. The molecule has 0 fully saturated rings. The van der Waals surface area contributed by atoms with Crippen LogP contribution in [0.3, 0.4) is 0 Å². The molecule has 0 spiro atoms. The second-order valence-electron chi connectivity index (χ2n) is 2.88. The van der Waals surface area contributed by atoms with Gasteiger partial charge in [0.15, 0.2) is 0 Å². The molecule has 0 atom stereocenters. The minimum absolute atomic E-state index is 0.0781. The van der Waals surface area contributed by atoms with Crippen molar-refractivity contribution in [1.82, 2.24) is 9.97 Å². The summed E-state index contributed by atoms with van der Waals surface area (Å²) in [6.45, 7) is 0. The lowest BCUT2D eigenvalue weighted by atomic mass is 10.0. The summed E-state index contributed by atoms with van der Waals surface area (Å²) in [6, 6.07) is 0. The van der Waals surface area contributed by atoms with Crippen LogP contribution in [-0.4, -0.2) is 9.97 Å². The van der Waals surface area contributed by atoms with Crippen molar-refractivity contribution in [2.45, 2.75) is 25.7 Å². The van der Waals surface area contributed by atoms with E-state index in [1.807, 2.05) is 0 Å². The molecule has 0 saturated heterocycles. The topological polar surface area (TPSA) is 45.8 Å². The third-order valence-electron chi connectivity index (χ3n) is 2.05. The van der Waals surface area contributed by atoms with Crippen LogP contribution >= 0.6 is 0 Å². The van der Waals surface area contributed by atoms with Gasteiger partial charge in [0.25, 0.3) is 5.56 Å². The van der Waals surface area contributed by atoms with Crippen molar-refractivity contribution in [1.29, 1.82) is 0 Å². The van der Waals surface area contributed by atoms with Crippen LogP contribution in [0.1, 0.15) is 24.2 Å². The Kier molecular flexibility index (Phi) is 1.49. The van der Waals surface area contributed by atoms with Gasteiger partial charge in [-0.2, -0.15) is 0 Å². The minimum atomic E-state index is -0.0781. The standard InChI is InChI=1S/C8H10N2O/c11-8-5-9-6-3-1-2-4-7(6)10-8/h5H,1-4H2,(H,10,11). The van der Waals surface area contributed by atoms with E-state index in [-0.39, 0.29) is 5.56 Å². The maximum Gasteiger partial charge on any atom is 0.266 e. The molecule has 0 radical (unpaired) electrons. The Morgan fingerprint density at radius 3 is 3.09 bits per heavy atom. The van der Waals surface area contributed by atoms with Crippen LogP contribution in [0.2, 0.25) is 0 Å². The Hall–Kier alpha value is -1.12. The van der Waals surface area contributed by atoms with E-state index in [0.717, 1.165) is 24.2 Å². The van der Waals surface area contributed by atoms with E-state index in [1.54, 1.807) is 0 Å². The van der Waals surface area contributed by atoms with Crippen molar-refractivity contribution in [3.05, 3.63) is 27.9 Å². The van der Waals surface area contributed by atoms with Crippen LogP contribution < -0.4 is 5.56 Å². The van der Waals surface area contributed by atoms with E-state index in [2.05, 4.69) is 9.97 Å². The van der Waals surface area contributed by atoms with Gasteiger partial charge in [-0.1, -0.05) is 0 Å². The highest BCUT2D eigenvalue weighted by atomic mass is 16.1. The first kappa shape index (κ1) is 6.58. The Morgan fingerprint density at radius 1 is 1.36 bits per heavy atom. The molecule has 1 N–H and O–H groups in total. The molecule has 0 aliphatic heterocycles. The van der Waals surface area contributed by atoms with Crippen LogP contribution in [0, 0.1) is 0 Å². The van der Waals surface area contributed by atoms with Gasteiger partial charge in [0.1, 0.15) is 0 Å². The number of aromatic amines is 1. The molecule has 1 aliphatic rings. The predicted octanol–water partition coefficient (Wildman–Crippen LogP) is 0.649. The number of hydrogen-bond acceptors (Lipinski definition) is 2. The summed E-state index contributed by atoms with van der Waals surface area (Å²) < 4.78 is 0. The lowest BCUT2D eigenvalue weighted by molar-refractivity contribution is 0.645. The Bertz CT molecular complexity index is 316. The molecule has 1 heterocycles. The van der Waals surface area contributed by atoms with E-state index in [9.17, 15) is 4.79 Å². The van der Waals surface area contributed by atoms with E-state index in [4.69, 9.17) is 0 Å². The summed E-state index contributed by atoms with van der Waals surface area (Å²) in [7, 11) is 0. The highest BCUT2D eigenvalue weighted by Crippen LogP contribution is 2.14. The van der Waals surface area contributed by atoms with Crippen LogP contribution in [0.15, 0.2) is 11.0 Å². The zero-order valence-electron chi connectivity index (χ0n) is 6.26. The average Bonchev–Trinajstić information content (AvgIpc) is 2.04. The van der Waals surface area contributed by atoms with Gasteiger partial charge in [-0.25, -0.2) is 0 Å². The van der Waals surface area contributed by atoms with Crippen molar-refractivity contribution >= 4 is 0 Å². The fourth-order valence-corrected chi connectivity index (χ4v) is 1.48. The molecule has 58 valence electrons. The van der Waals surface area contributed by atoms with Crippen molar-refractivity contribution < 1.29 is 0 Å². The first-order chi connectivity index (χ1) is 5.36. The summed E-state index contributed by atoms with van der Waals surface area (Å²) in [5.41, 5.74) is 2.05. The van der Waals surface area contributed by atoms with Crippen molar-refractivity contribution in [2.75, 3.05) is 0 Å². The molecule has 1 aromatic rings. The number of H-pyrrole nitrogens is 1. The summed E-state index contributed by atoms with van der Waals surface area (Å²) in [5.74, 6) is 0. The smallest absolute Gasteiger partial charge is 0.266 e.